The number of fused-ring (bicyclic) bond motifs is 1. The first-order valence-corrected chi connectivity index (χ1v) is 10.4. The van der Waals surface area contributed by atoms with E-state index in [0.717, 1.165) is 4.57 Å². The van der Waals surface area contributed by atoms with E-state index in [9.17, 15) is 24.3 Å². The normalized spacial score (nSPS) is 13.4. The topological polar surface area (TPSA) is 124 Å². The average Bonchev–Trinajstić information content (AvgIpc) is 2.63. The molecule has 1 amide bonds. The van der Waals surface area contributed by atoms with E-state index < -0.39 is 35.2 Å². The van der Waals surface area contributed by atoms with Gasteiger partial charge in [-0.05, 0) is 42.9 Å². The lowest BCUT2D eigenvalue weighted by atomic mass is 10.0. The van der Waals surface area contributed by atoms with Crippen LogP contribution in [0.25, 0.3) is 10.9 Å². The van der Waals surface area contributed by atoms with Crippen molar-refractivity contribution in [2.75, 3.05) is 12.0 Å². The Morgan fingerprint density at radius 1 is 1.25 bits per heavy atom. The molecule has 0 bridgehead atoms. The SMILES string of the molecule is CSCC[C@H](NC(=O)[C@H](CC(C)C)n1c(=O)[nH]c2ccccc2c1=O)C(=O)[O-]. The summed E-state index contributed by atoms with van der Waals surface area (Å²) in [6.07, 6.45) is 2.21. The van der Waals surface area contributed by atoms with Crippen molar-refractivity contribution in [1.82, 2.24) is 14.9 Å². The van der Waals surface area contributed by atoms with Crippen molar-refractivity contribution < 1.29 is 14.7 Å². The molecule has 0 saturated carbocycles. The fourth-order valence-electron chi connectivity index (χ4n) is 2.99. The largest absolute Gasteiger partial charge is 0.548 e. The minimum atomic E-state index is -1.40. The highest BCUT2D eigenvalue weighted by atomic mass is 32.2. The number of aliphatic carboxylic acids is 1. The summed E-state index contributed by atoms with van der Waals surface area (Å²) in [5.74, 6) is -1.58. The first-order chi connectivity index (χ1) is 13.3. The molecule has 1 aromatic heterocycles. The van der Waals surface area contributed by atoms with Gasteiger partial charge in [0.2, 0.25) is 5.91 Å². The van der Waals surface area contributed by atoms with E-state index in [1.54, 1.807) is 24.3 Å². The van der Waals surface area contributed by atoms with Gasteiger partial charge < -0.3 is 20.2 Å². The summed E-state index contributed by atoms with van der Waals surface area (Å²) >= 11 is 1.44. The third-order valence-electron chi connectivity index (χ3n) is 4.36. The lowest BCUT2D eigenvalue weighted by Gasteiger charge is -2.25. The number of aromatic nitrogens is 2. The van der Waals surface area contributed by atoms with Crippen LogP contribution in [0.2, 0.25) is 0 Å². The van der Waals surface area contributed by atoms with Gasteiger partial charge >= 0.3 is 5.69 Å². The van der Waals surface area contributed by atoms with E-state index in [1.807, 2.05) is 20.1 Å². The maximum absolute atomic E-state index is 12.9. The predicted molar refractivity (Wildman–Crippen MR) is 107 cm³/mol. The molecule has 2 N–H and O–H groups in total. The molecule has 0 aliphatic rings. The fraction of sp³-hybridized carbons (Fsp3) is 0.474. The van der Waals surface area contributed by atoms with E-state index in [4.69, 9.17) is 0 Å². The van der Waals surface area contributed by atoms with Crippen LogP contribution in [0.4, 0.5) is 0 Å². The first-order valence-electron chi connectivity index (χ1n) is 9.00. The Bertz CT molecular complexity index is 966. The fourth-order valence-corrected chi connectivity index (χ4v) is 3.46. The number of rotatable bonds is 9. The molecule has 0 unspecified atom stereocenters. The lowest BCUT2D eigenvalue weighted by molar-refractivity contribution is -0.308. The first kappa shape index (κ1) is 21.7. The van der Waals surface area contributed by atoms with Crippen LogP contribution < -0.4 is 21.7 Å². The monoisotopic (exact) mass is 406 g/mol. The second-order valence-corrected chi connectivity index (χ2v) is 7.94. The summed E-state index contributed by atoms with van der Waals surface area (Å²) in [5, 5.41) is 14.1. The van der Waals surface area contributed by atoms with E-state index in [2.05, 4.69) is 10.3 Å². The number of hydrogen-bond donors (Lipinski definition) is 2. The Morgan fingerprint density at radius 2 is 1.93 bits per heavy atom. The van der Waals surface area contributed by atoms with Crippen LogP contribution in [0.3, 0.4) is 0 Å². The number of benzene rings is 1. The van der Waals surface area contributed by atoms with Crippen LogP contribution in [-0.2, 0) is 9.59 Å². The van der Waals surface area contributed by atoms with Crippen molar-refractivity contribution in [3.63, 3.8) is 0 Å². The molecule has 1 aromatic carbocycles. The maximum atomic E-state index is 12.9. The number of H-pyrrole nitrogens is 1. The highest BCUT2D eigenvalue weighted by Gasteiger charge is 2.27. The summed E-state index contributed by atoms with van der Waals surface area (Å²) < 4.78 is 0.874. The number of amides is 1. The Morgan fingerprint density at radius 3 is 2.54 bits per heavy atom. The maximum Gasteiger partial charge on any atom is 0.329 e. The van der Waals surface area contributed by atoms with Crippen molar-refractivity contribution in [3.8, 4) is 0 Å². The predicted octanol–water partition coefficient (Wildman–Crippen LogP) is 0.265. The minimum Gasteiger partial charge on any atom is -0.548 e. The van der Waals surface area contributed by atoms with Gasteiger partial charge in [0.1, 0.15) is 6.04 Å². The number of hydrogen-bond acceptors (Lipinski definition) is 6. The van der Waals surface area contributed by atoms with Gasteiger partial charge in [0, 0.05) is 0 Å². The summed E-state index contributed by atoms with van der Waals surface area (Å²) in [6, 6.07) is 4.21. The minimum absolute atomic E-state index is 0.0129. The molecule has 0 saturated heterocycles. The molecule has 1 heterocycles. The number of carbonyl (C=O) groups excluding carboxylic acids is 2. The van der Waals surface area contributed by atoms with Crippen molar-refractivity contribution in [2.24, 2.45) is 5.92 Å². The lowest BCUT2D eigenvalue weighted by Crippen LogP contribution is -2.52. The molecule has 2 atom stereocenters. The van der Waals surface area contributed by atoms with Gasteiger partial charge in [-0.3, -0.25) is 9.59 Å². The molecule has 0 fully saturated rings. The van der Waals surface area contributed by atoms with Crippen LogP contribution in [0.15, 0.2) is 33.9 Å². The van der Waals surface area contributed by atoms with Crippen molar-refractivity contribution >= 4 is 34.5 Å². The highest BCUT2D eigenvalue weighted by molar-refractivity contribution is 7.98. The van der Waals surface area contributed by atoms with Gasteiger partial charge in [-0.15, -0.1) is 0 Å². The number of carbonyl (C=O) groups is 2. The summed E-state index contributed by atoms with van der Waals surface area (Å²) in [7, 11) is 0. The van der Waals surface area contributed by atoms with Gasteiger partial charge in [-0.2, -0.15) is 11.8 Å². The summed E-state index contributed by atoms with van der Waals surface area (Å²) in [5.41, 5.74) is -0.919. The Labute approximate surface area is 166 Å². The van der Waals surface area contributed by atoms with Crippen LogP contribution in [0, 0.1) is 5.92 Å². The quantitative estimate of drug-likeness (QED) is 0.616. The second-order valence-electron chi connectivity index (χ2n) is 6.96. The van der Waals surface area contributed by atoms with Crippen LogP contribution in [0.5, 0.6) is 0 Å². The Kier molecular flexibility index (Phi) is 7.45. The van der Waals surface area contributed by atoms with Gasteiger partial charge in [0.25, 0.3) is 5.56 Å². The number of thioether (sulfide) groups is 1. The van der Waals surface area contributed by atoms with Gasteiger partial charge in [0.05, 0.1) is 22.9 Å². The molecule has 2 rings (SSSR count). The number of nitrogens with one attached hydrogen (secondary N) is 2. The molecule has 2 aromatic rings. The standard InChI is InChI=1S/C19H25N3O5S/c1-11(2)10-15(16(23)20-14(18(25)26)8-9-28-3)22-17(24)12-6-4-5-7-13(12)21-19(22)27/h4-7,11,14-15H,8-10H2,1-3H3,(H,20,23)(H,21,27)(H,25,26)/p-1/t14-,15-/m0/s1. The van der Waals surface area contributed by atoms with Gasteiger partial charge in [0.15, 0.2) is 0 Å². The second kappa shape index (κ2) is 9.59. The molecular formula is C19H24N3O5S-. The van der Waals surface area contributed by atoms with E-state index in [-0.39, 0.29) is 24.1 Å². The Balaban J connectivity index is 2.48. The molecule has 152 valence electrons. The Hall–Kier alpha value is -2.55. The number of nitrogens with zero attached hydrogens (tertiary/aromatic N) is 1. The van der Waals surface area contributed by atoms with Crippen LogP contribution >= 0.6 is 11.8 Å². The van der Waals surface area contributed by atoms with E-state index in [0.29, 0.717) is 11.3 Å². The number of aromatic amines is 1. The molecule has 28 heavy (non-hydrogen) atoms. The van der Waals surface area contributed by atoms with Gasteiger partial charge in [-0.25, -0.2) is 9.36 Å². The zero-order chi connectivity index (χ0) is 20.8. The zero-order valence-corrected chi connectivity index (χ0v) is 16.9. The molecule has 0 aliphatic carbocycles. The third-order valence-corrected chi connectivity index (χ3v) is 5.00. The highest BCUT2D eigenvalue weighted by Crippen LogP contribution is 2.17. The van der Waals surface area contributed by atoms with Crippen LogP contribution in [-0.4, -0.2) is 39.5 Å². The third kappa shape index (κ3) is 5.03. The van der Waals surface area contributed by atoms with E-state index >= 15 is 0 Å². The van der Waals surface area contributed by atoms with E-state index in [1.165, 1.54) is 11.8 Å². The molecule has 9 heteroatoms. The molecule has 0 aliphatic heterocycles. The molecule has 0 radical (unpaired) electrons. The summed E-state index contributed by atoms with van der Waals surface area (Å²) in [4.78, 5) is 52.3. The smallest absolute Gasteiger partial charge is 0.329 e. The van der Waals surface area contributed by atoms with Crippen LogP contribution in [0.1, 0.15) is 32.7 Å². The van der Waals surface area contributed by atoms with Crippen molar-refractivity contribution in [1.29, 1.82) is 0 Å². The van der Waals surface area contributed by atoms with Gasteiger partial charge in [-0.1, -0.05) is 26.0 Å². The number of para-hydroxylation sites is 1. The molecule has 0 spiro atoms. The average molecular weight is 406 g/mol. The number of carboxylic acid groups (broad SMARTS) is 1. The van der Waals surface area contributed by atoms with Crippen molar-refractivity contribution in [3.05, 3.63) is 45.1 Å². The summed E-state index contributed by atoms with van der Waals surface area (Å²) in [6.45, 7) is 3.70. The van der Waals surface area contributed by atoms with Crippen molar-refractivity contribution in [2.45, 2.75) is 38.8 Å². The molecule has 8 nitrogen and oxygen atoms in total. The molecular weight excluding hydrogens is 382 g/mol. The zero-order valence-electron chi connectivity index (χ0n) is 16.1. The number of carboxylic acids is 1.